The molecule has 6 nitrogen and oxygen atoms in total. The first-order chi connectivity index (χ1) is 21.7. The van der Waals surface area contributed by atoms with Gasteiger partial charge >= 0.3 is 19.5 Å². The molecule has 0 fully saturated rings. The first-order valence-corrected chi connectivity index (χ1v) is 14.2. The second-order valence-corrected chi connectivity index (χ2v) is 10.3. The summed E-state index contributed by atoms with van der Waals surface area (Å²) in [7, 11) is 0. The Morgan fingerprint density at radius 3 is 0.867 bits per heavy atom. The topological polar surface area (TPSA) is 99.2 Å². The van der Waals surface area contributed by atoms with Crippen molar-refractivity contribution in [1.82, 2.24) is 19.9 Å². The van der Waals surface area contributed by atoms with Crippen molar-refractivity contribution < 1.29 is 19.5 Å². The van der Waals surface area contributed by atoms with Crippen LogP contribution in [0.4, 0.5) is 11.4 Å². The van der Waals surface area contributed by atoms with Crippen molar-refractivity contribution in [3.63, 3.8) is 0 Å². The molecule has 45 heavy (non-hydrogen) atoms. The van der Waals surface area contributed by atoms with Crippen molar-refractivity contribution in [3.05, 3.63) is 158 Å². The van der Waals surface area contributed by atoms with Crippen LogP contribution in [-0.2, 0) is 19.5 Å². The van der Waals surface area contributed by atoms with Gasteiger partial charge in [0.1, 0.15) is 0 Å². The van der Waals surface area contributed by atoms with Gasteiger partial charge in [0.2, 0.25) is 0 Å². The van der Waals surface area contributed by atoms with E-state index in [9.17, 15) is 0 Å². The molecule has 0 unspecified atom stereocenters. The molecule has 4 aromatic heterocycles. The summed E-state index contributed by atoms with van der Waals surface area (Å²) in [5, 5.41) is 8.37. The fraction of sp³-hybridized carbons (Fsp3) is 0. The molecule has 0 spiro atoms. The monoisotopic (exact) mass is 669 g/mol. The Hall–Kier alpha value is -5.52. The van der Waals surface area contributed by atoms with Crippen LogP contribution < -0.4 is 0 Å². The minimum Gasteiger partial charge on any atom is -0.699 e. The van der Waals surface area contributed by atoms with Gasteiger partial charge < -0.3 is 11.5 Å². The van der Waals surface area contributed by atoms with Crippen molar-refractivity contribution in [2.24, 2.45) is 0 Å². The van der Waals surface area contributed by atoms with E-state index in [-0.39, 0.29) is 19.5 Å². The standard InChI is InChI=1S/C14H10N2.2C12H8N2.Rh/c15-13-11-7-3-1-5-9(11)10-6-2-4-8-12(10)14(13)16;2*1-3-9-5-6-10-4-2-8-14-12(10)11(9)13-7-1;/h1-8,15-16H;2*1-8H;/q-2;;;+3. The Bertz CT molecular complexity index is 2160. The van der Waals surface area contributed by atoms with Crippen LogP contribution in [-0.4, -0.2) is 19.9 Å². The van der Waals surface area contributed by atoms with Crippen LogP contribution in [0.5, 0.6) is 0 Å². The molecule has 216 valence electrons. The van der Waals surface area contributed by atoms with Gasteiger partial charge in [0, 0.05) is 46.3 Å². The maximum absolute atomic E-state index is 7.98. The first kappa shape index (κ1) is 29.6. The summed E-state index contributed by atoms with van der Waals surface area (Å²) in [6, 6.07) is 39.9. The smallest absolute Gasteiger partial charge is 0.699 e. The zero-order chi connectivity index (χ0) is 29.9. The molecule has 5 aromatic carbocycles. The van der Waals surface area contributed by atoms with E-state index < -0.39 is 0 Å². The van der Waals surface area contributed by atoms with Crippen molar-refractivity contribution in [3.8, 4) is 0 Å². The molecule has 9 aromatic rings. The van der Waals surface area contributed by atoms with Crippen LogP contribution in [0.15, 0.2) is 146 Å². The van der Waals surface area contributed by atoms with E-state index in [1.165, 1.54) is 0 Å². The van der Waals surface area contributed by atoms with Crippen molar-refractivity contribution in [2.45, 2.75) is 0 Å². The molecular weight excluding hydrogens is 643 g/mol. The molecule has 0 amide bonds. The van der Waals surface area contributed by atoms with Crippen LogP contribution in [0.2, 0.25) is 0 Å². The largest absolute Gasteiger partial charge is 3.00 e. The summed E-state index contributed by atoms with van der Waals surface area (Å²) < 4.78 is 0. The quantitative estimate of drug-likeness (QED) is 0.118. The van der Waals surface area contributed by atoms with Gasteiger partial charge in [-0.05, 0) is 45.8 Å². The molecule has 0 aliphatic heterocycles. The third-order valence-corrected chi connectivity index (χ3v) is 7.62. The fourth-order valence-electron chi connectivity index (χ4n) is 5.50. The summed E-state index contributed by atoms with van der Waals surface area (Å²) in [4.78, 5) is 17.4. The van der Waals surface area contributed by atoms with Crippen molar-refractivity contribution >= 4 is 76.5 Å². The zero-order valence-corrected chi connectivity index (χ0v) is 25.6. The minimum atomic E-state index is 0. The zero-order valence-electron chi connectivity index (χ0n) is 24.0. The molecule has 0 saturated carbocycles. The van der Waals surface area contributed by atoms with Crippen LogP contribution >= 0.6 is 0 Å². The molecule has 7 heteroatoms. The predicted octanol–water partition coefficient (Wildman–Crippen LogP) is 10.9. The normalized spacial score (nSPS) is 10.7. The second kappa shape index (κ2) is 13.0. The van der Waals surface area contributed by atoms with Gasteiger partial charge in [-0.25, -0.2) is 0 Å². The Morgan fingerprint density at radius 2 is 0.578 bits per heavy atom. The van der Waals surface area contributed by atoms with Gasteiger partial charge in [-0.1, -0.05) is 97.1 Å². The van der Waals surface area contributed by atoms with E-state index >= 15 is 0 Å². The Kier molecular flexibility index (Phi) is 8.54. The summed E-state index contributed by atoms with van der Waals surface area (Å²) in [6.45, 7) is 0. The summed E-state index contributed by atoms with van der Waals surface area (Å²) >= 11 is 0. The third kappa shape index (κ3) is 5.74. The molecule has 9 rings (SSSR count). The average Bonchev–Trinajstić information content (AvgIpc) is 3.11. The number of fused-ring (bicyclic) bond motifs is 9. The van der Waals surface area contributed by atoms with Gasteiger partial charge in [-0.2, -0.15) is 0 Å². The van der Waals surface area contributed by atoms with Gasteiger partial charge in [-0.3, -0.25) is 19.9 Å². The maximum Gasteiger partial charge on any atom is 3.00 e. The van der Waals surface area contributed by atoms with E-state index in [0.29, 0.717) is 11.4 Å². The molecular formula is C38H26N6Rh+. The number of hydrogen-bond donors (Lipinski definition) is 0. The number of nitrogens with zero attached hydrogens (tertiary/aromatic N) is 4. The predicted molar refractivity (Wildman–Crippen MR) is 184 cm³/mol. The molecule has 0 radical (unpaired) electrons. The van der Waals surface area contributed by atoms with E-state index in [1.54, 1.807) is 24.8 Å². The van der Waals surface area contributed by atoms with Gasteiger partial charge in [0.05, 0.1) is 22.1 Å². The summed E-state index contributed by atoms with van der Waals surface area (Å²) in [5.41, 5.74) is 20.5. The minimum absolute atomic E-state index is 0. The van der Waals surface area contributed by atoms with E-state index in [0.717, 1.165) is 65.2 Å². The number of pyridine rings is 4. The van der Waals surface area contributed by atoms with Crippen molar-refractivity contribution in [1.29, 1.82) is 0 Å². The van der Waals surface area contributed by atoms with Gasteiger partial charge in [0.25, 0.3) is 0 Å². The number of aromatic nitrogens is 4. The number of hydrogen-bond acceptors (Lipinski definition) is 4. The van der Waals surface area contributed by atoms with Crippen LogP contribution in [0.25, 0.3) is 76.6 Å². The van der Waals surface area contributed by atoms with E-state index in [4.69, 9.17) is 11.5 Å². The van der Waals surface area contributed by atoms with E-state index in [1.807, 2.05) is 72.8 Å². The third-order valence-electron chi connectivity index (χ3n) is 7.62. The molecule has 0 bridgehead atoms. The first-order valence-electron chi connectivity index (χ1n) is 14.2. The van der Waals surface area contributed by atoms with Crippen LogP contribution in [0.3, 0.4) is 0 Å². The fourth-order valence-corrected chi connectivity index (χ4v) is 5.50. The molecule has 2 N–H and O–H groups in total. The Labute approximate surface area is 272 Å². The Balaban J connectivity index is 0.000000118. The molecule has 0 aliphatic rings. The molecule has 0 saturated heterocycles. The van der Waals surface area contributed by atoms with Gasteiger partial charge in [-0.15, -0.1) is 11.4 Å². The second-order valence-electron chi connectivity index (χ2n) is 10.3. The van der Waals surface area contributed by atoms with Gasteiger partial charge in [0.15, 0.2) is 0 Å². The molecule has 0 aliphatic carbocycles. The van der Waals surface area contributed by atoms with Crippen molar-refractivity contribution in [2.75, 3.05) is 0 Å². The van der Waals surface area contributed by atoms with Crippen LogP contribution in [0.1, 0.15) is 0 Å². The summed E-state index contributed by atoms with van der Waals surface area (Å²) in [5.74, 6) is 0. The SMILES string of the molecule is [NH-]c1c([NH-])c2ccccc2c2ccccc12.[Rh+3].c1cnc2c(c1)ccc1cccnc12.c1cnc2c(c1)ccc1cccnc12. The number of rotatable bonds is 0. The number of nitrogens with one attached hydrogen (secondary N) is 2. The molecule has 4 heterocycles. The Morgan fingerprint density at radius 1 is 0.311 bits per heavy atom. The molecule has 0 atom stereocenters. The summed E-state index contributed by atoms with van der Waals surface area (Å²) in [6.07, 6.45) is 7.21. The average molecular weight is 670 g/mol. The van der Waals surface area contributed by atoms with E-state index in [2.05, 4.69) is 68.5 Å². The number of benzene rings is 5. The van der Waals surface area contributed by atoms with Crippen LogP contribution in [0, 0.1) is 0 Å². The maximum atomic E-state index is 7.98.